The summed E-state index contributed by atoms with van der Waals surface area (Å²) in [5, 5.41) is 6.37. The van der Waals surface area contributed by atoms with Crippen molar-refractivity contribution in [3.05, 3.63) is 52.9 Å². The number of halogens is 3. The Morgan fingerprint density at radius 1 is 1.19 bits per heavy atom. The second kappa shape index (κ2) is 9.76. The van der Waals surface area contributed by atoms with Gasteiger partial charge in [-0.15, -0.1) is 12.4 Å². The Balaban J connectivity index is 0.00000261. The second-order valence-corrected chi connectivity index (χ2v) is 6.78. The van der Waals surface area contributed by atoms with E-state index in [-0.39, 0.29) is 29.4 Å². The molecular weight excluding hydrogens is 392 g/mol. The fourth-order valence-corrected chi connectivity index (χ4v) is 3.29. The molecule has 0 saturated heterocycles. The molecule has 0 spiro atoms. The molecule has 27 heavy (non-hydrogen) atoms. The van der Waals surface area contributed by atoms with E-state index < -0.39 is 5.82 Å². The van der Waals surface area contributed by atoms with Crippen LogP contribution in [0.1, 0.15) is 36.0 Å². The van der Waals surface area contributed by atoms with E-state index in [9.17, 15) is 9.18 Å². The van der Waals surface area contributed by atoms with Crippen molar-refractivity contribution in [3.8, 4) is 5.75 Å². The number of carbonyl (C=O) groups is 1. The second-order valence-electron chi connectivity index (χ2n) is 6.38. The average molecular weight is 414 g/mol. The Hall–Kier alpha value is -2.05. The summed E-state index contributed by atoms with van der Waals surface area (Å²) in [7, 11) is 1.63. The van der Waals surface area contributed by atoms with Crippen LogP contribution in [-0.2, 0) is 0 Å². The third kappa shape index (κ3) is 5.71. The summed E-state index contributed by atoms with van der Waals surface area (Å²) >= 11 is 5.74. The molecular formula is C19H22Cl2FN3O2. The Kier molecular flexibility index (Phi) is 7.68. The van der Waals surface area contributed by atoms with Crippen molar-refractivity contribution < 1.29 is 13.9 Å². The highest BCUT2D eigenvalue weighted by Crippen LogP contribution is 2.24. The summed E-state index contributed by atoms with van der Waals surface area (Å²) < 4.78 is 18.4. The Morgan fingerprint density at radius 2 is 1.89 bits per heavy atom. The van der Waals surface area contributed by atoms with Crippen LogP contribution < -0.4 is 15.4 Å². The first-order valence-electron chi connectivity index (χ1n) is 8.57. The first-order chi connectivity index (χ1) is 12.5. The molecule has 146 valence electrons. The molecule has 0 unspecified atom stereocenters. The molecule has 1 aliphatic rings. The van der Waals surface area contributed by atoms with Gasteiger partial charge in [0.2, 0.25) is 0 Å². The maximum atomic E-state index is 13.2. The van der Waals surface area contributed by atoms with Gasteiger partial charge in [0.05, 0.1) is 12.1 Å². The highest BCUT2D eigenvalue weighted by atomic mass is 35.5. The third-order valence-corrected chi connectivity index (χ3v) is 4.85. The first kappa shape index (κ1) is 21.3. The molecule has 1 saturated carbocycles. The van der Waals surface area contributed by atoms with Crippen molar-refractivity contribution in [2.24, 2.45) is 0 Å². The van der Waals surface area contributed by atoms with E-state index in [0.717, 1.165) is 37.3 Å². The van der Waals surface area contributed by atoms with Gasteiger partial charge in [-0.3, -0.25) is 4.79 Å². The molecule has 1 heterocycles. The van der Waals surface area contributed by atoms with E-state index in [0.29, 0.717) is 11.6 Å². The van der Waals surface area contributed by atoms with Crippen LogP contribution in [0.2, 0.25) is 5.02 Å². The number of pyridine rings is 1. The predicted octanol–water partition coefficient (Wildman–Crippen LogP) is 4.46. The van der Waals surface area contributed by atoms with Crippen LogP contribution in [-0.4, -0.2) is 30.1 Å². The molecule has 5 nitrogen and oxygen atoms in total. The standard InChI is InChI=1S/C19H21ClFN3O2.ClH/c1-26-15-8-9-22-18(11-15)23-13-3-5-14(6-4-13)24-19(25)12-2-7-17(21)16(20)10-12;/h2,7-11,13-14H,3-6H2,1H3,(H,22,23)(H,24,25);1H/t13-,14+;. The van der Waals surface area contributed by atoms with Gasteiger partial charge in [-0.1, -0.05) is 11.6 Å². The van der Waals surface area contributed by atoms with Crippen LogP contribution in [0.25, 0.3) is 0 Å². The van der Waals surface area contributed by atoms with Gasteiger partial charge >= 0.3 is 0 Å². The summed E-state index contributed by atoms with van der Waals surface area (Å²) in [5.74, 6) is 0.804. The van der Waals surface area contributed by atoms with Crippen LogP contribution in [0.4, 0.5) is 10.2 Å². The number of nitrogens with one attached hydrogen (secondary N) is 2. The molecule has 2 N–H and O–H groups in total. The van der Waals surface area contributed by atoms with Crippen molar-refractivity contribution in [3.63, 3.8) is 0 Å². The quantitative estimate of drug-likeness (QED) is 0.759. The minimum absolute atomic E-state index is 0. The summed E-state index contributed by atoms with van der Waals surface area (Å²) in [4.78, 5) is 16.6. The zero-order valence-corrected chi connectivity index (χ0v) is 16.4. The normalized spacial score (nSPS) is 18.9. The molecule has 1 aliphatic carbocycles. The molecule has 1 aromatic carbocycles. The molecule has 2 aromatic rings. The SMILES string of the molecule is COc1ccnc(N[C@H]2CC[C@@H](NC(=O)c3ccc(F)c(Cl)c3)CC2)c1.Cl. The number of hydrogen-bond donors (Lipinski definition) is 2. The number of anilines is 1. The number of amides is 1. The minimum atomic E-state index is -0.527. The molecule has 0 atom stereocenters. The van der Waals surface area contributed by atoms with Gasteiger partial charge in [0.1, 0.15) is 17.4 Å². The van der Waals surface area contributed by atoms with Crippen molar-refractivity contribution in [2.75, 3.05) is 12.4 Å². The Bertz CT molecular complexity index is 783. The lowest BCUT2D eigenvalue weighted by Crippen LogP contribution is -2.40. The fraction of sp³-hybridized carbons (Fsp3) is 0.368. The number of methoxy groups -OCH3 is 1. The number of nitrogens with zero attached hydrogens (tertiary/aromatic N) is 1. The van der Waals surface area contributed by atoms with Gasteiger partial charge in [0, 0.05) is 29.9 Å². The molecule has 1 amide bonds. The van der Waals surface area contributed by atoms with Gasteiger partial charge in [0.15, 0.2) is 0 Å². The monoisotopic (exact) mass is 413 g/mol. The van der Waals surface area contributed by atoms with Crippen LogP contribution in [0.3, 0.4) is 0 Å². The number of hydrogen-bond acceptors (Lipinski definition) is 4. The van der Waals surface area contributed by atoms with Crippen molar-refractivity contribution >= 4 is 35.7 Å². The van der Waals surface area contributed by atoms with E-state index in [1.165, 1.54) is 18.2 Å². The molecule has 1 fully saturated rings. The van der Waals surface area contributed by atoms with Crippen LogP contribution >= 0.6 is 24.0 Å². The maximum absolute atomic E-state index is 13.2. The van der Waals surface area contributed by atoms with Crippen molar-refractivity contribution in [1.29, 1.82) is 0 Å². The summed E-state index contributed by atoms with van der Waals surface area (Å²) in [6.07, 6.45) is 5.29. The number of carbonyl (C=O) groups excluding carboxylic acids is 1. The molecule has 3 rings (SSSR count). The Labute approximate surface area is 169 Å². The van der Waals surface area contributed by atoms with Crippen molar-refractivity contribution in [1.82, 2.24) is 10.3 Å². The van der Waals surface area contributed by atoms with Crippen molar-refractivity contribution in [2.45, 2.75) is 37.8 Å². The minimum Gasteiger partial charge on any atom is -0.497 e. The van der Waals surface area contributed by atoms with Gasteiger partial charge in [-0.25, -0.2) is 9.37 Å². The van der Waals surface area contributed by atoms with Gasteiger partial charge in [-0.2, -0.15) is 0 Å². The smallest absolute Gasteiger partial charge is 0.251 e. The van der Waals surface area contributed by atoms with Crippen LogP contribution in [0.5, 0.6) is 5.75 Å². The topological polar surface area (TPSA) is 63.2 Å². The van der Waals surface area contributed by atoms with E-state index in [4.69, 9.17) is 16.3 Å². The lowest BCUT2D eigenvalue weighted by Gasteiger charge is -2.30. The van der Waals surface area contributed by atoms with Crippen LogP contribution in [0, 0.1) is 5.82 Å². The lowest BCUT2D eigenvalue weighted by atomic mass is 9.91. The third-order valence-electron chi connectivity index (χ3n) is 4.56. The summed E-state index contributed by atoms with van der Waals surface area (Å²) in [6, 6.07) is 8.09. The average Bonchev–Trinajstić information content (AvgIpc) is 2.65. The molecule has 8 heteroatoms. The van der Waals surface area contributed by atoms with E-state index in [2.05, 4.69) is 15.6 Å². The zero-order chi connectivity index (χ0) is 18.5. The first-order valence-corrected chi connectivity index (χ1v) is 8.95. The number of aromatic nitrogens is 1. The maximum Gasteiger partial charge on any atom is 0.251 e. The fourth-order valence-electron chi connectivity index (χ4n) is 3.11. The van der Waals surface area contributed by atoms with Gasteiger partial charge < -0.3 is 15.4 Å². The Morgan fingerprint density at radius 3 is 2.56 bits per heavy atom. The predicted molar refractivity (Wildman–Crippen MR) is 107 cm³/mol. The summed E-state index contributed by atoms with van der Waals surface area (Å²) in [5.41, 5.74) is 0.372. The molecule has 0 bridgehead atoms. The largest absolute Gasteiger partial charge is 0.497 e. The molecule has 0 aliphatic heterocycles. The van der Waals surface area contributed by atoms with E-state index in [1.807, 2.05) is 6.07 Å². The highest BCUT2D eigenvalue weighted by Gasteiger charge is 2.23. The number of rotatable bonds is 5. The number of benzene rings is 1. The highest BCUT2D eigenvalue weighted by molar-refractivity contribution is 6.31. The van der Waals surface area contributed by atoms with Gasteiger partial charge in [-0.05, 0) is 49.9 Å². The van der Waals surface area contributed by atoms with Gasteiger partial charge in [0.25, 0.3) is 5.91 Å². The van der Waals surface area contributed by atoms with E-state index in [1.54, 1.807) is 19.4 Å². The van der Waals surface area contributed by atoms with Crippen LogP contribution in [0.15, 0.2) is 36.5 Å². The molecule has 0 radical (unpaired) electrons. The lowest BCUT2D eigenvalue weighted by molar-refractivity contribution is 0.0926. The summed E-state index contributed by atoms with van der Waals surface area (Å²) in [6.45, 7) is 0. The molecule has 1 aromatic heterocycles. The van der Waals surface area contributed by atoms with E-state index >= 15 is 0 Å². The number of ether oxygens (including phenoxy) is 1. The zero-order valence-electron chi connectivity index (χ0n) is 14.9.